The lowest BCUT2D eigenvalue weighted by Gasteiger charge is -2.36. The number of nitrogens with zero attached hydrogens (tertiary/aromatic N) is 2. The molecule has 178 valence electrons. The predicted octanol–water partition coefficient (Wildman–Crippen LogP) is 5.37. The van der Waals surface area contributed by atoms with Crippen LogP contribution in [0.4, 0.5) is 0 Å². The number of hydrogen-bond acceptors (Lipinski definition) is 4. The summed E-state index contributed by atoms with van der Waals surface area (Å²) in [5.74, 6) is 0.848. The smallest absolute Gasteiger partial charge is 0.253 e. The van der Waals surface area contributed by atoms with Gasteiger partial charge in [-0.1, -0.05) is 59.6 Å². The van der Waals surface area contributed by atoms with Crippen LogP contribution in [0.1, 0.15) is 33.2 Å². The Morgan fingerprint density at radius 3 is 2.41 bits per heavy atom. The first-order valence-corrected chi connectivity index (χ1v) is 12.0. The van der Waals surface area contributed by atoms with E-state index in [1.54, 1.807) is 19.2 Å². The Morgan fingerprint density at radius 2 is 1.71 bits per heavy atom. The molecule has 1 atom stereocenters. The van der Waals surface area contributed by atoms with Crippen molar-refractivity contribution in [2.75, 3.05) is 39.8 Å². The van der Waals surface area contributed by atoms with Crippen molar-refractivity contribution in [1.29, 1.82) is 0 Å². The highest BCUT2D eigenvalue weighted by Gasteiger charge is 2.25. The topological polar surface area (TPSA) is 42.0 Å². The van der Waals surface area contributed by atoms with Crippen LogP contribution in [0, 0.1) is 6.92 Å². The van der Waals surface area contributed by atoms with Crippen molar-refractivity contribution in [3.63, 3.8) is 0 Å². The summed E-state index contributed by atoms with van der Waals surface area (Å²) in [6.07, 6.45) is -0.105. The van der Waals surface area contributed by atoms with E-state index in [1.807, 2.05) is 35.2 Å². The van der Waals surface area contributed by atoms with Gasteiger partial charge in [0.05, 0.1) is 19.8 Å². The fourth-order valence-electron chi connectivity index (χ4n) is 4.15. The normalized spacial score (nSPS) is 15.2. The van der Waals surface area contributed by atoms with Crippen LogP contribution in [0.15, 0.2) is 72.8 Å². The van der Waals surface area contributed by atoms with E-state index in [9.17, 15) is 4.79 Å². The van der Waals surface area contributed by atoms with Crippen LogP contribution in [-0.2, 0) is 11.3 Å². The molecule has 3 aromatic rings. The maximum absolute atomic E-state index is 12.9. The van der Waals surface area contributed by atoms with E-state index < -0.39 is 0 Å². The van der Waals surface area contributed by atoms with Crippen LogP contribution in [0.2, 0.25) is 5.02 Å². The average molecular weight is 479 g/mol. The van der Waals surface area contributed by atoms with Gasteiger partial charge in [-0.2, -0.15) is 0 Å². The molecular weight excluding hydrogens is 448 g/mol. The average Bonchev–Trinajstić information content (AvgIpc) is 2.87. The van der Waals surface area contributed by atoms with E-state index in [-0.39, 0.29) is 12.0 Å². The van der Waals surface area contributed by atoms with E-state index in [1.165, 1.54) is 5.56 Å². The monoisotopic (exact) mass is 478 g/mol. The third-order valence-corrected chi connectivity index (χ3v) is 6.43. The number of hydrogen-bond donors (Lipinski definition) is 0. The molecule has 1 heterocycles. The summed E-state index contributed by atoms with van der Waals surface area (Å²) in [6, 6.07) is 23.6. The highest BCUT2D eigenvalue weighted by molar-refractivity contribution is 6.30. The first-order valence-electron chi connectivity index (χ1n) is 11.6. The molecular formula is C28H31ClN2O3. The number of carbonyl (C=O) groups excluding carboxylic acids is 1. The van der Waals surface area contributed by atoms with Crippen molar-refractivity contribution in [2.24, 2.45) is 0 Å². The van der Waals surface area contributed by atoms with Gasteiger partial charge in [0.25, 0.3) is 5.91 Å². The quantitative estimate of drug-likeness (QED) is 0.436. The molecule has 1 fully saturated rings. The second-order valence-corrected chi connectivity index (χ2v) is 9.10. The minimum absolute atomic E-state index is 0.0297. The van der Waals surface area contributed by atoms with E-state index in [0.29, 0.717) is 30.3 Å². The van der Waals surface area contributed by atoms with Gasteiger partial charge in [-0.05, 0) is 48.4 Å². The second-order valence-electron chi connectivity index (χ2n) is 8.67. The first kappa shape index (κ1) is 24.3. The Kier molecular flexibility index (Phi) is 8.22. The molecule has 6 heteroatoms. The number of rotatable bonds is 8. The Balaban J connectivity index is 1.40. The van der Waals surface area contributed by atoms with Gasteiger partial charge in [0.15, 0.2) is 0 Å². The van der Waals surface area contributed by atoms with Crippen LogP contribution in [0.5, 0.6) is 5.75 Å². The van der Waals surface area contributed by atoms with Gasteiger partial charge in [-0.3, -0.25) is 9.69 Å². The highest BCUT2D eigenvalue weighted by Crippen LogP contribution is 2.25. The summed E-state index contributed by atoms with van der Waals surface area (Å²) in [6.45, 7) is 6.30. The number of carbonyl (C=O) groups is 1. The highest BCUT2D eigenvalue weighted by atomic mass is 35.5. The summed E-state index contributed by atoms with van der Waals surface area (Å²) >= 11 is 6.07. The lowest BCUT2D eigenvalue weighted by atomic mass is 10.1. The molecule has 0 aliphatic carbocycles. The van der Waals surface area contributed by atoms with Crippen LogP contribution < -0.4 is 4.74 Å². The van der Waals surface area contributed by atoms with Gasteiger partial charge in [0.1, 0.15) is 5.75 Å². The largest absolute Gasteiger partial charge is 0.497 e. The molecule has 0 radical (unpaired) electrons. The summed E-state index contributed by atoms with van der Waals surface area (Å²) < 4.78 is 11.9. The number of methoxy groups -OCH3 is 1. The summed E-state index contributed by atoms with van der Waals surface area (Å²) in [5.41, 5.74) is 4.11. The summed E-state index contributed by atoms with van der Waals surface area (Å²) in [7, 11) is 1.68. The first-order chi connectivity index (χ1) is 16.5. The van der Waals surface area contributed by atoms with Crippen LogP contribution >= 0.6 is 11.6 Å². The lowest BCUT2D eigenvalue weighted by Crippen LogP contribution is -2.49. The molecule has 1 aliphatic rings. The van der Waals surface area contributed by atoms with Crippen molar-refractivity contribution in [1.82, 2.24) is 9.80 Å². The Labute approximate surface area is 206 Å². The minimum atomic E-state index is -0.105. The molecule has 1 aliphatic heterocycles. The van der Waals surface area contributed by atoms with Crippen LogP contribution in [-0.4, -0.2) is 55.5 Å². The van der Waals surface area contributed by atoms with Gasteiger partial charge < -0.3 is 14.4 Å². The number of ether oxygens (including phenoxy) is 2. The molecule has 0 bridgehead atoms. The number of halogens is 1. The van der Waals surface area contributed by atoms with E-state index in [0.717, 1.165) is 36.5 Å². The molecule has 0 aromatic heterocycles. The standard InChI is InChI=1S/C28H31ClN2O3/c1-21-9-11-22(12-10-21)20-34-27(23-5-4-8-26(18-23)33-2)19-30-13-15-31(16-14-30)28(32)24-6-3-7-25(29)17-24/h3-12,17-18,27H,13-16,19-20H2,1-2H3/t27-/m0/s1. The van der Waals surface area contributed by atoms with Gasteiger partial charge in [-0.25, -0.2) is 0 Å². The van der Waals surface area contributed by atoms with E-state index in [2.05, 4.69) is 42.2 Å². The SMILES string of the molecule is COc1cccc([C@H](CN2CCN(C(=O)c3cccc(Cl)c3)CC2)OCc2ccc(C)cc2)c1. The summed E-state index contributed by atoms with van der Waals surface area (Å²) in [5, 5.41) is 0.580. The summed E-state index contributed by atoms with van der Waals surface area (Å²) in [4.78, 5) is 17.1. The zero-order chi connectivity index (χ0) is 23.9. The molecule has 34 heavy (non-hydrogen) atoms. The maximum atomic E-state index is 12.9. The fourth-order valence-corrected chi connectivity index (χ4v) is 4.34. The van der Waals surface area contributed by atoms with Gasteiger partial charge in [0, 0.05) is 43.3 Å². The third kappa shape index (κ3) is 6.38. The Bertz CT molecular complexity index is 1090. The van der Waals surface area contributed by atoms with Crippen molar-refractivity contribution in [3.05, 3.63) is 100 Å². The van der Waals surface area contributed by atoms with E-state index in [4.69, 9.17) is 21.1 Å². The zero-order valence-corrected chi connectivity index (χ0v) is 20.5. The Morgan fingerprint density at radius 1 is 0.971 bits per heavy atom. The van der Waals surface area contributed by atoms with Crippen molar-refractivity contribution >= 4 is 17.5 Å². The molecule has 5 nitrogen and oxygen atoms in total. The lowest BCUT2D eigenvalue weighted by molar-refractivity contribution is 0.00333. The predicted molar refractivity (Wildman–Crippen MR) is 135 cm³/mol. The molecule has 1 amide bonds. The van der Waals surface area contributed by atoms with Gasteiger partial charge in [0.2, 0.25) is 0 Å². The van der Waals surface area contributed by atoms with E-state index >= 15 is 0 Å². The van der Waals surface area contributed by atoms with Crippen molar-refractivity contribution in [2.45, 2.75) is 19.6 Å². The van der Waals surface area contributed by atoms with Crippen LogP contribution in [0.3, 0.4) is 0 Å². The minimum Gasteiger partial charge on any atom is -0.497 e. The number of aryl methyl sites for hydroxylation is 1. The van der Waals surface area contributed by atoms with Gasteiger partial charge in [-0.15, -0.1) is 0 Å². The molecule has 0 spiro atoms. The Hall–Kier alpha value is -2.86. The molecule has 3 aromatic carbocycles. The third-order valence-electron chi connectivity index (χ3n) is 6.19. The zero-order valence-electron chi connectivity index (χ0n) is 19.7. The van der Waals surface area contributed by atoms with Crippen molar-refractivity contribution < 1.29 is 14.3 Å². The number of amides is 1. The molecule has 0 saturated carbocycles. The molecule has 1 saturated heterocycles. The fraction of sp³-hybridized carbons (Fsp3) is 0.321. The molecule has 4 rings (SSSR count). The maximum Gasteiger partial charge on any atom is 0.253 e. The number of benzene rings is 3. The molecule has 0 unspecified atom stereocenters. The van der Waals surface area contributed by atoms with Crippen LogP contribution in [0.25, 0.3) is 0 Å². The van der Waals surface area contributed by atoms with Crippen molar-refractivity contribution in [3.8, 4) is 5.75 Å². The van der Waals surface area contributed by atoms with Gasteiger partial charge >= 0.3 is 0 Å². The molecule has 0 N–H and O–H groups in total. The second kappa shape index (κ2) is 11.5. The number of piperazine rings is 1.